The Morgan fingerprint density at radius 1 is 1.21 bits per heavy atom. The van der Waals surface area contributed by atoms with Crippen molar-refractivity contribution in [2.45, 2.75) is 19.8 Å². The van der Waals surface area contributed by atoms with E-state index in [9.17, 15) is 14.4 Å². The van der Waals surface area contributed by atoms with E-state index in [0.29, 0.717) is 11.3 Å². The number of benzene rings is 2. The number of carbonyl (C=O) groups is 3. The number of ether oxygens (including phenoxy) is 1. The number of anilines is 2. The van der Waals surface area contributed by atoms with Gasteiger partial charge in [0.05, 0.1) is 17.2 Å². The molecular formula is C22H21N3O4. The molecule has 7 nitrogen and oxygen atoms in total. The summed E-state index contributed by atoms with van der Waals surface area (Å²) in [6.07, 6.45) is 0.829. The molecule has 29 heavy (non-hydrogen) atoms. The monoisotopic (exact) mass is 391 g/mol. The highest BCUT2D eigenvalue weighted by atomic mass is 16.5. The van der Waals surface area contributed by atoms with Gasteiger partial charge in [-0.05, 0) is 30.2 Å². The van der Waals surface area contributed by atoms with Gasteiger partial charge in [-0.25, -0.2) is 0 Å². The van der Waals surface area contributed by atoms with Crippen LogP contribution >= 0.6 is 0 Å². The van der Waals surface area contributed by atoms with Gasteiger partial charge < -0.3 is 15.0 Å². The van der Waals surface area contributed by atoms with Crippen LogP contribution in [0.1, 0.15) is 24.5 Å². The Morgan fingerprint density at radius 3 is 2.69 bits per heavy atom. The summed E-state index contributed by atoms with van der Waals surface area (Å²) >= 11 is 0. The maximum Gasteiger partial charge on any atom is 0.311 e. The van der Waals surface area contributed by atoms with E-state index in [-0.39, 0.29) is 18.9 Å². The van der Waals surface area contributed by atoms with Crippen molar-refractivity contribution >= 4 is 29.2 Å². The summed E-state index contributed by atoms with van der Waals surface area (Å²) in [6, 6.07) is 16.1. The molecule has 1 N–H and O–H groups in total. The Labute approximate surface area is 168 Å². The van der Waals surface area contributed by atoms with Crippen molar-refractivity contribution in [3.63, 3.8) is 0 Å². The molecule has 3 rings (SSSR count). The van der Waals surface area contributed by atoms with Crippen LogP contribution in [-0.2, 0) is 25.5 Å². The van der Waals surface area contributed by atoms with Crippen LogP contribution in [0.5, 0.6) is 0 Å². The molecule has 148 valence electrons. The first kappa shape index (κ1) is 20.1. The van der Waals surface area contributed by atoms with Crippen LogP contribution in [0.3, 0.4) is 0 Å². The molecule has 2 aromatic rings. The average molecular weight is 391 g/mol. The van der Waals surface area contributed by atoms with E-state index in [2.05, 4.69) is 5.32 Å². The van der Waals surface area contributed by atoms with Gasteiger partial charge in [0.25, 0.3) is 5.91 Å². The van der Waals surface area contributed by atoms with Gasteiger partial charge in [-0.3, -0.25) is 14.4 Å². The second-order valence-electron chi connectivity index (χ2n) is 6.70. The zero-order chi connectivity index (χ0) is 20.8. The highest BCUT2D eigenvalue weighted by Crippen LogP contribution is 2.29. The minimum atomic E-state index is -0.619. The number of nitriles is 1. The summed E-state index contributed by atoms with van der Waals surface area (Å²) in [6.45, 7) is 1.76. The van der Waals surface area contributed by atoms with Gasteiger partial charge in [0.1, 0.15) is 6.07 Å². The molecule has 0 saturated carbocycles. The predicted octanol–water partition coefficient (Wildman–Crippen LogP) is 2.66. The summed E-state index contributed by atoms with van der Waals surface area (Å²) in [5.74, 6) is -1.89. The minimum Gasteiger partial charge on any atom is -0.455 e. The Kier molecular flexibility index (Phi) is 6.25. The van der Waals surface area contributed by atoms with E-state index in [0.717, 1.165) is 17.7 Å². The molecule has 0 radical (unpaired) electrons. The Bertz CT molecular complexity index is 980. The number of carbonyl (C=O) groups excluding carboxylic acids is 3. The third-order valence-electron chi connectivity index (χ3n) is 4.79. The molecule has 1 saturated heterocycles. The third kappa shape index (κ3) is 4.61. The van der Waals surface area contributed by atoms with Crippen LogP contribution in [-0.4, -0.2) is 30.9 Å². The fraction of sp³-hybridized carbons (Fsp3) is 0.273. The highest BCUT2D eigenvalue weighted by molar-refractivity contribution is 6.00. The molecule has 1 aliphatic rings. The maximum absolute atomic E-state index is 12.4. The number of esters is 1. The predicted molar refractivity (Wildman–Crippen MR) is 107 cm³/mol. The van der Waals surface area contributed by atoms with Gasteiger partial charge in [0.2, 0.25) is 5.91 Å². The molecule has 0 unspecified atom stereocenters. The maximum atomic E-state index is 12.4. The summed E-state index contributed by atoms with van der Waals surface area (Å²) < 4.78 is 5.11. The lowest BCUT2D eigenvalue weighted by atomic mass is 10.1. The topological polar surface area (TPSA) is 99.5 Å². The number of para-hydroxylation sites is 2. The van der Waals surface area contributed by atoms with Gasteiger partial charge in [-0.15, -0.1) is 0 Å². The van der Waals surface area contributed by atoms with Crippen molar-refractivity contribution < 1.29 is 19.1 Å². The minimum absolute atomic E-state index is 0.0514. The van der Waals surface area contributed by atoms with Crippen molar-refractivity contribution in [3.8, 4) is 6.07 Å². The van der Waals surface area contributed by atoms with Crippen molar-refractivity contribution in [2.75, 3.05) is 23.4 Å². The summed E-state index contributed by atoms with van der Waals surface area (Å²) in [4.78, 5) is 38.4. The average Bonchev–Trinajstić information content (AvgIpc) is 3.13. The van der Waals surface area contributed by atoms with Gasteiger partial charge in [-0.1, -0.05) is 37.3 Å². The lowest BCUT2D eigenvalue weighted by Crippen LogP contribution is -2.28. The molecule has 7 heteroatoms. The Balaban J connectivity index is 1.57. The van der Waals surface area contributed by atoms with Crippen LogP contribution in [0.25, 0.3) is 0 Å². The first-order valence-electron chi connectivity index (χ1n) is 9.37. The highest BCUT2D eigenvalue weighted by Gasteiger charge is 2.37. The van der Waals surface area contributed by atoms with Crippen LogP contribution in [0, 0.1) is 17.2 Å². The van der Waals surface area contributed by atoms with E-state index in [4.69, 9.17) is 10.00 Å². The van der Waals surface area contributed by atoms with E-state index < -0.39 is 24.4 Å². The van der Waals surface area contributed by atoms with Crippen LogP contribution in [0.15, 0.2) is 48.5 Å². The zero-order valence-corrected chi connectivity index (χ0v) is 16.1. The molecule has 2 amide bonds. The first-order chi connectivity index (χ1) is 14.0. The van der Waals surface area contributed by atoms with E-state index in [1.54, 1.807) is 29.2 Å². The van der Waals surface area contributed by atoms with Gasteiger partial charge >= 0.3 is 5.97 Å². The third-order valence-corrected chi connectivity index (χ3v) is 4.79. The summed E-state index contributed by atoms with van der Waals surface area (Å²) in [5.41, 5.74) is 2.51. The number of nitrogens with zero attached hydrogens (tertiary/aromatic N) is 2. The zero-order valence-electron chi connectivity index (χ0n) is 16.1. The fourth-order valence-electron chi connectivity index (χ4n) is 3.30. The second kappa shape index (κ2) is 9.02. The number of aryl methyl sites for hydroxylation is 1. The van der Waals surface area contributed by atoms with E-state index in [1.807, 2.05) is 37.3 Å². The molecule has 1 heterocycles. The molecule has 1 fully saturated rings. The van der Waals surface area contributed by atoms with Crippen LogP contribution in [0.4, 0.5) is 11.4 Å². The second-order valence-corrected chi connectivity index (χ2v) is 6.70. The lowest BCUT2D eigenvalue weighted by molar-refractivity contribution is -0.151. The largest absolute Gasteiger partial charge is 0.455 e. The van der Waals surface area contributed by atoms with Crippen molar-refractivity contribution in [3.05, 3.63) is 59.7 Å². The van der Waals surface area contributed by atoms with Crippen molar-refractivity contribution in [2.24, 2.45) is 5.92 Å². The number of amides is 2. The molecule has 0 aliphatic carbocycles. The van der Waals surface area contributed by atoms with Gasteiger partial charge in [-0.2, -0.15) is 5.26 Å². The quantitative estimate of drug-likeness (QED) is 0.763. The first-order valence-corrected chi connectivity index (χ1v) is 9.37. The van der Waals surface area contributed by atoms with E-state index in [1.165, 1.54) is 0 Å². The Morgan fingerprint density at radius 2 is 1.93 bits per heavy atom. The number of rotatable bonds is 6. The summed E-state index contributed by atoms with van der Waals surface area (Å²) in [7, 11) is 0. The number of hydrogen-bond donors (Lipinski definition) is 1. The van der Waals surface area contributed by atoms with Crippen molar-refractivity contribution in [1.29, 1.82) is 5.26 Å². The molecule has 0 spiro atoms. The van der Waals surface area contributed by atoms with Gasteiger partial charge in [0.15, 0.2) is 6.61 Å². The molecule has 0 aromatic heterocycles. The molecule has 0 bridgehead atoms. The standard InChI is InChI=1S/C22H21N3O4/c1-2-15-7-4-6-10-19(15)25-13-17(11-21(25)27)22(28)29-14-20(26)24-18-9-5-3-8-16(18)12-23/h3-10,17H,2,11,13-14H2,1H3,(H,24,26)/t17-/m1/s1. The molecular weight excluding hydrogens is 370 g/mol. The molecule has 1 aliphatic heterocycles. The Hall–Kier alpha value is -3.66. The van der Waals surface area contributed by atoms with Gasteiger partial charge in [0, 0.05) is 18.7 Å². The van der Waals surface area contributed by atoms with Crippen LogP contribution in [0.2, 0.25) is 0 Å². The number of hydrogen-bond acceptors (Lipinski definition) is 5. The molecule has 2 aromatic carbocycles. The molecule has 1 atom stereocenters. The van der Waals surface area contributed by atoms with Crippen molar-refractivity contribution in [1.82, 2.24) is 0 Å². The normalized spacial score (nSPS) is 15.7. The fourth-order valence-corrected chi connectivity index (χ4v) is 3.30. The summed E-state index contributed by atoms with van der Waals surface area (Å²) in [5, 5.41) is 11.6. The lowest BCUT2D eigenvalue weighted by Gasteiger charge is -2.19. The SMILES string of the molecule is CCc1ccccc1N1C[C@H](C(=O)OCC(=O)Nc2ccccc2C#N)CC1=O. The van der Waals surface area contributed by atoms with Crippen LogP contribution < -0.4 is 10.2 Å². The smallest absolute Gasteiger partial charge is 0.311 e. The number of nitrogens with one attached hydrogen (secondary N) is 1. The van der Waals surface area contributed by atoms with E-state index >= 15 is 0 Å².